The quantitative estimate of drug-likeness (QED) is 0.880. The molecule has 1 saturated heterocycles. The molecule has 0 aliphatic carbocycles. The first-order valence-corrected chi connectivity index (χ1v) is 8.00. The van der Waals surface area contributed by atoms with Crippen LogP contribution in [-0.4, -0.2) is 35.0 Å². The van der Waals surface area contributed by atoms with E-state index in [-0.39, 0.29) is 11.8 Å². The van der Waals surface area contributed by atoms with Gasteiger partial charge in [0.2, 0.25) is 5.91 Å². The van der Waals surface area contributed by atoms with Crippen molar-refractivity contribution >= 4 is 39.4 Å². The number of carbonyl (C=O) groups is 2. The smallest absolute Gasteiger partial charge is 0.308 e. The van der Waals surface area contributed by atoms with Crippen LogP contribution in [0.3, 0.4) is 0 Å². The zero-order valence-corrected chi connectivity index (χ0v) is 14.0. The number of aliphatic carboxylic acids is 1. The van der Waals surface area contributed by atoms with Crippen LogP contribution in [0.5, 0.6) is 0 Å². The minimum absolute atomic E-state index is 0.00234. The Bertz CT molecular complexity index is 564. The molecule has 4 nitrogen and oxygen atoms in total. The lowest BCUT2D eigenvalue weighted by atomic mass is 9.99. The highest BCUT2D eigenvalue weighted by atomic mass is 79.9. The first kappa shape index (κ1) is 16.3. The van der Waals surface area contributed by atoms with Gasteiger partial charge in [0, 0.05) is 29.0 Å². The minimum Gasteiger partial charge on any atom is -0.481 e. The Morgan fingerprint density at radius 1 is 1.43 bits per heavy atom. The average molecular weight is 375 g/mol. The molecule has 0 saturated carbocycles. The van der Waals surface area contributed by atoms with E-state index in [1.807, 2.05) is 19.1 Å². The Kier molecular flexibility index (Phi) is 5.27. The highest BCUT2D eigenvalue weighted by molar-refractivity contribution is 9.10. The summed E-state index contributed by atoms with van der Waals surface area (Å²) < 4.78 is 0.929. The zero-order chi connectivity index (χ0) is 15.6. The molecule has 114 valence electrons. The van der Waals surface area contributed by atoms with Crippen molar-refractivity contribution in [2.45, 2.75) is 19.8 Å². The van der Waals surface area contributed by atoms with Crippen LogP contribution >= 0.6 is 27.5 Å². The van der Waals surface area contributed by atoms with Crippen molar-refractivity contribution in [1.82, 2.24) is 4.90 Å². The van der Waals surface area contributed by atoms with E-state index < -0.39 is 11.9 Å². The topological polar surface area (TPSA) is 57.6 Å². The maximum absolute atomic E-state index is 12.2. The van der Waals surface area contributed by atoms with Gasteiger partial charge in [0.25, 0.3) is 0 Å². The normalized spacial score (nSPS) is 21.6. The van der Waals surface area contributed by atoms with Gasteiger partial charge in [-0.15, -0.1) is 0 Å². The number of hydrogen-bond acceptors (Lipinski definition) is 2. The van der Waals surface area contributed by atoms with E-state index >= 15 is 0 Å². The number of likely N-dealkylation sites (tertiary alicyclic amines) is 1. The molecule has 2 atom stereocenters. The summed E-state index contributed by atoms with van der Waals surface area (Å²) in [7, 11) is 0. The molecular formula is C15H17BrClNO3. The SMILES string of the molecule is C[C@@H]1CN(C(=O)CCc2cc(Cl)ccc2Br)C[C@H]1C(=O)O. The number of halogens is 2. The van der Waals surface area contributed by atoms with Gasteiger partial charge < -0.3 is 10.0 Å². The van der Waals surface area contributed by atoms with E-state index in [1.54, 1.807) is 11.0 Å². The summed E-state index contributed by atoms with van der Waals surface area (Å²) in [5, 5.41) is 9.74. The molecule has 1 aliphatic heterocycles. The van der Waals surface area contributed by atoms with Gasteiger partial charge in [-0.05, 0) is 36.1 Å². The van der Waals surface area contributed by atoms with E-state index in [9.17, 15) is 9.59 Å². The summed E-state index contributed by atoms with van der Waals surface area (Å²) in [4.78, 5) is 25.0. The summed E-state index contributed by atoms with van der Waals surface area (Å²) in [5.41, 5.74) is 0.984. The van der Waals surface area contributed by atoms with Crippen LogP contribution in [-0.2, 0) is 16.0 Å². The van der Waals surface area contributed by atoms with Crippen molar-refractivity contribution in [3.63, 3.8) is 0 Å². The number of nitrogens with zero attached hydrogens (tertiary/aromatic N) is 1. The Morgan fingerprint density at radius 3 is 2.76 bits per heavy atom. The molecule has 0 aromatic heterocycles. The largest absolute Gasteiger partial charge is 0.481 e. The third-order valence-corrected chi connectivity index (χ3v) is 4.91. The highest BCUT2D eigenvalue weighted by Crippen LogP contribution is 2.25. The maximum atomic E-state index is 12.2. The number of rotatable bonds is 4. The Labute approximate surface area is 137 Å². The lowest BCUT2D eigenvalue weighted by Gasteiger charge is -2.16. The van der Waals surface area contributed by atoms with Crippen molar-refractivity contribution in [1.29, 1.82) is 0 Å². The molecule has 1 N–H and O–H groups in total. The monoisotopic (exact) mass is 373 g/mol. The number of benzene rings is 1. The fourth-order valence-electron chi connectivity index (χ4n) is 2.63. The van der Waals surface area contributed by atoms with Crippen molar-refractivity contribution in [3.8, 4) is 0 Å². The van der Waals surface area contributed by atoms with Gasteiger partial charge in [-0.3, -0.25) is 9.59 Å². The van der Waals surface area contributed by atoms with Gasteiger partial charge in [0.05, 0.1) is 5.92 Å². The molecule has 0 radical (unpaired) electrons. The number of carbonyl (C=O) groups excluding carboxylic acids is 1. The maximum Gasteiger partial charge on any atom is 0.308 e. The van der Waals surface area contributed by atoms with Gasteiger partial charge in [0.1, 0.15) is 0 Å². The minimum atomic E-state index is -0.824. The molecule has 1 aliphatic rings. The lowest BCUT2D eigenvalue weighted by molar-refractivity contribution is -0.142. The molecule has 0 unspecified atom stereocenters. The van der Waals surface area contributed by atoms with E-state index in [4.69, 9.17) is 16.7 Å². The van der Waals surface area contributed by atoms with Crippen LogP contribution < -0.4 is 0 Å². The first-order valence-electron chi connectivity index (χ1n) is 6.83. The number of aryl methyl sites for hydroxylation is 1. The molecule has 1 aromatic rings. The number of carboxylic acids is 1. The summed E-state index contributed by atoms with van der Waals surface area (Å²) in [5.74, 6) is -1.27. The van der Waals surface area contributed by atoms with Crippen molar-refractivity contribution in [2.75, 3.05) is 13.1 Å². The molecule has 1 fully saturated rings. The van der Waals surface area contributed by atoms with Gasteiger partial charge >= 0.3 is 5.97 Å². The number of amides is 1. The fraction of sp³-hybridized carbons (Fsp3) is 0.467. The lowest BCUT2D eigenvalue weighted by Crippen LogP contribution is -2.30. The summed E-state index contributed by atoms with van der Waals surface area (Å²) >= 11 is 9.39. The fourth-order valence-corrected chi connectivity index (χ4v) is 3.27. The van der Waals surface area contributed by atoms with Crippen LogP contribution in [0, 0.1) is 11.8 Å². The van der Waals surface area contributed by atoms with Gasteiger partial charge in [-0.2, -0.15) is 0 Å². The number of carboxylic acid groups (broad SMARTS) is 1. The van der Waals surface area contributed by atoms with Crippen molar-refractivity contribution in [3.05, 3.63) is 33.3 Å². The molecule has 6 heteroatoms. The predicted molar refractivity (Wildman–Crippen MR) is 84.3 cm³/mol. The summed E-state index contributed by atoms with van der Waals surface area (Å²) in [6.45, 7) is 2.71. The molecule has 2 rings (SSSR count). The van der Waals surface area contributed by atoms with Gasteiger partial charge in [-0.1, -0.05) is 34.5 Å². The Balaban J connectivity index is 1.94. The van der Waals surface area contributed by atoms with Crippen LogP contribution in [0.4, 0.5) is 0 Å². The molecule has 1 amide bonds. The third-order valence-electron chi connectivity index (χ3n) is 3.90. The highest BCUT2D eigenvalue weighted by Gasteiger charge is 2.36. The predicted octanol–water partition coefficient (Wildman–Crippen LogP) is 3.21. The van der Waals surface area contributed by atoms with Gasteiger partial charge in [-0.25, -0.2) is 0 Å². The number of hydrogen-bond donors (Lipinski definition) is 1. The molecule has 21 heavy (non-hydrogen) atoms. The van der Waals surface area contributed by atoms with Crippen molar-refractivity contribution < 1.29 is 14.7 Å². The summed E-state index contributed by atoms with van der Waals surface area (Å²) in [6, 6.07) is 5.49. The molecular weight excluding hydrogens is 358 g/mol. The van der Waals surface area contributed by atoms with Crippen molar-refractivity contribution in [2.24, 2.45) is 11.8 Å². The second-order valence-corrected chi connectivity index (χ2v) is 6.75. The van der Waals surface area contributed by atoms with Gasteiger partial charge in [0.15, 0.2) is 0 Å². The second kappa shape index (κ2) is 6.79. The van der Waals surface area contributed by atoms with Crippen LogP contribution in [0.1, 0.15) is 18.9 Å². The van der Waals surface area contributed by atoms with E-state index in [0.717, 1.165) is 10.0 Å². The molecule has 1 aromatic carbocycles. The van der Waals surface area contributed by atoms with E-state index in [1.165, 1.54) is 0 Å². The third kappa shape index (κ3) is 3.98. The molecule has 0 bridgehead atoms. The zero-order valence-electron chi connectivity index (χ0n) is 11.7. The molecule has 1 heterocycles. The van der Waals surface area contributed by atoms with Crippen LogP contribution in [0.2, 0.25) is 5.02 Å². The first-order chi connectivity index (χ1) is 9.88. The van der Waals surface area contributed by atoms with E-state index in [0.29, 0.717) is 31.0 Å². The Hall–Kier alpha value is -1.07. The average Bonchev–Trinajstić information content (AvgIpc) is 2.82. The van der Waals surface area contributed by atoms with E-state index in [2.05, 4.69) is 15.9 Å². The standard InChI is InChI=1S/C15H17BrClNO3/c1-9-7-18(8-12(9)15(20)21)14(19)5-2-10-6-11(17)3-4-13(10)16/h3-4,6,9,12H,2,5,7-8H2,1H3,(H,20,21)/t9-,12-/m1/s1. The van der Waals surface area contributed by atoms with Crippen LogP contribution in [0.15, 0.2) is 22.7 Å². The second-order valence-electron chi connectivity index (χ2n) is 5.46. The Morgan fingerprint density at radius 2 is 2.14 bits per heavy atom. The summed E-state index contributed by atoms with van der Waals surface area (Å²) in [6.07, 6.45) is 0.945. The molecule has 0 spiro atoms. The van der Waals surface area contributed by atoms with Crippen LogP contribution in [0.25, 0.3) is 0 Å².